The Morgan fingerprint density at radius 1 is 1.20 bits per heavy atom. The average molecular weight is 141 g/mol. The minimum atomic E-state index is 0.804. The van der Waals surface area contributed by atoms with Gasteiger partial charge in [0, 0.05) is 12.1 Å². The molecule has 2 aliphatic rings. The van der Waals surface area contributed by atoms with E-state index in [4.69, 9.17) is 0 Å². The molecule has 2 rings (SSSR count). The molecule has 3 unspecified atom stereocenters. The second-order valence-electron chi connectivity index (χ2n) is 3.25. The van der Waals surface area contributed by atoms with Gasteiger partial charge in [-0.05, 0) is 32.1 Å². The summed E-state index contributed by atoms with van der Waals surface area (Å²) < 4.78 is 0. The molecule has 0 aromatic rings. The number of hydrogen-bond donors (Lipinski definition) is 1. The summed E-state index contributed by atoms with van der Waals surface area (Å²) in [7, 11) is 0. The predicted octanol–water partition coefficient (Wildman–Crippen LogP) is 2.17. The summed E-state index contributed by atoms with van der Waals surface area (Å²) >= 11 is 0. The third-order valence-corrected chi connectivity index (χ3v) is 2.39. The van der Waals surface area contributed by atoms with E-state index in [2.05, 4.69) is 12.2 Å². The fourth-order valence-electron chi connectivity index (χ4n) is 1.68. The lowest BCUT2D eigenvalue weighted by Gasteiger charge is -2.17. The van der Waals surface area contributed by atoms with Gasteiger partial charge in [0.05, 0.1) is 0 Å². The van der Waals surface area contributed by atoms with Crippen LogP contribution >= 0.6 is 0 Å². The van der Waals surface area contributed by atoms with Gasteiger partial charge in [0.15, 0.2) is 0 Å². The number of fused-ring (bicyclic) bond motifs is 1. The molecule has 60 valence electrons. The smallest absolute Gasteiger partial charge is 0.0102 e. The Balaban J connectivity index is 0.000000231. The Morgan fingerprint density at radius 2 is 1.90 bits per heavy atom. The Labute approximate surface area is 64.2 Å². The van der Waals surface area contributed by atoms with Gasteiger partial charge in [-0.1, -0.05) is 13.8 Å². The zero-order chi connectivity index (χ0) is 7.56. The lowest BCUT2D eigenvalue weighted by Crippen LogP contribution is -2.32. The van der Waals surface area contributed by atoms with E-state index in [1.807, 2.05) is 13.8 Å². The van der Waals surface area contributed by atoms with Crippen LogP contribution in [0.1, 0.15) is 40.0 Å². The van der Waals surface area contributed by atoms with Crippen LogP contribution in [0.5, 0.6) is 0 Å². The van der Waals surface area contributed by atoms with Crippen molar-refractivity contribution in [2.45, 2.75) is 52.1 Å². The van der Waals surface area contributed by atoms with Crippen LogP contribution in [0, 0.1) is 5.92 Å². The molecule has 0 radical (unpaired) electrons. The topological polar surface area (TPSA) is 12.0 Å². The third-order valence-electron chi connectivity index (χ3n) is 2.39. The first kappa shape index (κ1) is 8.06. The molecule has 1 heterocycles. The molecule has 1 aliphatic carbocycles. The van der Waals surface area contributed by atoms with Crippen LogP contribution in [0.4, 0.5) is 0 Å². The maximum atomic E-state index is 3.55. The van der Waals surface area contributed by atoms with Crippen molar-refractivity contribution in [1.82, 2.24) is 5.32 Å². The summed E-state index contributed by atoms with van der Waals surface area (Å²) in [6.07, 6.45) is 4.35. The summed E-state index contributed by atoms with van der Waals surface area (Å²) in [5.41, 5.74) is 0. The Kier molecular flexibility index (Phi) is 2.72. The first-order valence-corrected chi connectivity index (χ1v) is 4.62. The Hall–Kier alpha value is -0.0400. The molecule has 10 heavy (non-hydrogen) atoms. The van der Waals surface area contributed by atoms with Gasteiger partial charge < -0.3 is 5.32 Å². The minimum Gasteiger partial charge on any atom is -0.311 e. The van der Waals surface area contributed by atoms with Gasteiger partial charge in [0.2, 0.25) is 0 Å². The van der Waals surface area contributed by atoms with E-state index >= 15 is 0 Å². The van der Waals surface area contributed by atoms with E-state index < -0.39 is 0 Å². The van der Waals surface area contributed by atoms with Crippen molar-refractivity contribution in [3.8, 4) is 0 Å². The van der Waals surface area contributed by atoms with Gasteiger partial charge in [-0.2, -0.15) is 0 Å². The van der Waals surface area contributed by atoms with Crippen LogP contribution < -0.4 is 5.32 Å². The molecule has 0 aromatic carbocycles. The van der Waals surface area contributed by atoms with Gasteiger partial charge in [-0.3, -0.25) is 0 Å². The highest BCUT2D eigenvalue weighted by molar-refractivity contribution is 4.98. The first-order valence-electron chi connectivity index (χ1n) is 4.62. The van der Waals surface area contributed by atoms with Crippen LogP contribution in [-0.4, -0.2) is 12.1 Å². The van der Waals surface area contributed by atoms with E-state index in [0.717, 1.165) is 18.0 Å². The molecule has 1 nitrogen and oxygen atoms in total. The molecule has 0 aromatic heterocycles. The van der Waals surface area contributed by atoms with Gasteiger partial charge >= 0.3 is 0 Å². The van der Waals surface area contributed by atoms with Crippen LogP contribution in [0.15, 0.2) is 0 Å². The van der Waals surface area contributed by atoms with E-state index in [9.17, 15) is 0 Å². The standard InChI is InChI=1S/C7H13N.C2H6/c1-5-2-3-6-4-7(6)8-5;1-2/h5-8H,2-4H2,1H3;1-2H3. The molecule has 1 saturated heterocycles. The zero-order valence-corrected chi connectivity index (χ0v) is 7.35. The highest BCUT2D eigenvalue weighted by Gasteiger charge is 2.40. The number of piperidine rings is 1. The highest BCUT2D eigenvalue weighted by atomic mass is 15.0. The average Bonchev–Trinajstić information content (AvgIpc) is 2.70. The van der Waals surface area contributed by atoms with Crippen molar-refractivity contribution in [3.63, 3.8) is 0 Å². The normalized spacial score (nSPS) is 42.9. The van der Waals surface area contributed by atoms with E-state index in [1.54, 1.807) is 0 Å². The maximum absolute atomic E-state index is 3.55. The first-order chi connectivity index (χ1) is 4.86. The van der Waals surface area contributed by atoms with Gasteiger partial charge in [-0.25, -0.2) is 0 Å². The van der Waals surface area contributed by atoms with Gasteiger partial charge in [0.1, 0.15) is 0 Å². The van der Waals surface area contributed by atoms with Crippen molar-refractivity contribution in [2.24, 2.45) is 5.92 Å². The minimum absolute atomic E-state index is 0.804. The number of hydrogen-bond acceptors (Lipinski definition) is 1. The lowest BCUT2D eigenvalue weighted by molar-refractivity contribution is 0.414. The summed E-state index contributed by atoms with van der Waals surface area (Å²) in [5, 5.41) is 3.55. The molecule has 1 saturated carbocycles. The molecule has 0 amide bonds. The largest absolute Gasteiger partial charge is 0.311 e. The molecular formula is C9H19N. The molecule has 0 spiro atoms. The Morgan fingerprint density at radius 3 is 2.40 bits per heavy atom. The van der Waals surface area contributed by atoms with Crippen molar-refractivity contribution < 1.29 is 0 Å². The summed E-state index contributed by atoms with van der Waals surface area (Å²) in [4.78, 5) is 0. The monoisotopic (exact) mass is 141 g/mol. The van der Waals surface area contributed by atoms with Crippen molar-refractivity contribution in [2.75, 3.05) is 0 Å². The lowest BCUT2D eigenvalue weighted by atomic mass is 10.1. The second kappa shape index (κ2) is 3.38. The molecule has 1 aliphatic heterocycles. The highest BCUT2D eigenvalue weighted by Crippen LogP contribution is 2.38. The zero-order valence-electron chi connectivity index (χ0n) is 7.35. The molecule has 0 bridgehead atoms. The van der Waals surface area contributed by atoms with E-state index in [1.165, 1.54) is 19.3 Å². The molecule has 1 heteroatoms. The SMILES string of the molecule is CC.CC1CCC2CC2N1. The molecular weight excluding hydrogens is 122 g/mol. The fourth-order valence-corrected chi connectivity index (χ4v) is 1.68. The summed E-state index contributed by atoms with van der Waals surface area (Å²) in [5.74, 6) is 1.08. The van der Waals surface area contributed by atoms with Crippen LogP contribution in [0.2, 0.25) is 0 Å². The van der Waals surface area contributed by atoms with Crippen molar-refractivity contribution in [1.29, 1.82) is 0 Å². The van der Waals surface area contributed by atoms with Crippen molar-refractivity contribution in [3.05, 3.63) is 0 Å². The van der Waals surface area contributed by atoms with Gasteiger partial charge in [-0.15, -0.1) is 0 Å². The molecule has 3 atom stereocenters. The summed E-state index contributed by atoms with van der Waals surface area (Å²) in [6.45, 7) is 6.29. The van der Waals surface area contributed by atoms with Gasteiger partial charge in [0.25, 0.3) is 0 Å². The Bertz CT molecular complexity index is 101. The number of rotatable bonds is 0. The fraction of sp³-hybridized carbons (Fsp3) is 1.00. The molecule has 2 fully saturated rings. The maximum Gasteiger partial charge on any atom is 0.0102 e. The predicted molar refractivity (Wildman–Crippen MR) is 45.1 cm³/mol. The van der Waals surface area contributed by atoms with Crippen LogP contribution in [-0.2, 0) is 0 Å². The van der Waals surface area contributed by atoms with Crippen LogP contribution in [0.3, 0.4) is 0 Å². The van der Waals surface area contributed by atoms with E-state index in [-0.39, 0.29) is 0 Å². The van der Waals surface area contributed by atoms with E-state index in [0.29, 0.717) is 0 Å². The van der Waals surface area contributed by atoms with Crippen LogP contribution in [0.25, 0.3) is 0 Å². The second-order valence-corrected chi connectivity index (χ2v) is 3.25. The quantitative estimate of drug-likeness (QED) is 0.545. The number of nitrogens with one attached hydrogen (secondary N) is 1. The third kappa shape index (κ3) is 1.72. The molecule has 1 N–H and O–H groups in total. The summed E-state index contributed by atoms with van der Waals surface area (Å²) in [6, 6.07) is 1.73. The van der Waals surface area contributed by atoms with Crippen molar-refractivity contribution >= 4 is 0 Å².